The van der Waals surface area contributed by atoms with Gasteiger partial charge in [0.05, 0.1) is 0 Å². The molecule has 2 N–H and O–H groups in total. The van der Waals surface area contributed by atoms with E-state index in [-0.39, 0.29) is 22.8 Å². The fraction of sp³-hybridized carbons (Fsp3) is 0. The van der Waals surface area contributed by atoms with Crippen LogP contribution in [0.25, 0.3) is 17.1 Å². The van der Waals surface area contributed by atoms with Gasteiger partial charge in [-0.2, -0.15) is 4.68 Å². The van der Waals surface area contributed by atoms with Crippen molar-refractivity contribution in [3.05, 3.63) is 53.8 Å². The lowest BCUT2D eigenvalue weighted by atomic mass is 10.2. The van der Waals surface area contributed by atoms with Crippen molar-refractivity contribution < 1.29 is 13.2 Å². The van der Waals surface area contributed by atoms with E-state index >= 15 is 0 Å². The number of benzene rings is 2. The summed E-state index contributed by atoms with van der Waals surface area (Å²) in [7, 11) is 0. The molecule has 21 heavy (non-hydrogen) atoms. The summed E-state index contributed by atoms with van der Waals surface area (Å²) in [5.41, 5.74) is 5.96. The highest BCUT2D eigenvalue weighted by molar-refractivity contribution is 5.62. The third-order valence-electron chi connectivity index (χ3n) is 2.79. The lowest BCUT2D eigenvalue weighted by molar-refractivity contribution is 0.572. The first kappa shape index (κ1) is 13.1. The third kappa shape index (κ3) is 2.42. The number of anilines is 1. The summed E-state index contributed by atoms with van der Waals surface area (Å²) in [4.78, 5) is 0. The predicted molar refractivity (Wildman–Crippen MR) is 68.9 cm³/mol. The van der Waals surface area contributed by atoms with Crippen molar-refractivity contribution in [2.24, 2.45) is 0 Å². The predicted octanol–water partition coefficient (Wildman–Crippen LogP) is 2.33. The van der Waals surface area contributed by atoms with Gasteiger partial charge < -0.3 is 5.73 Å². The number of hydrogen-bond donors (Lipinski definition) is 1. The minimum atomic E-state index is -0.840. The quantitative estimate of drug-likeness (QED) is 0.736. The Morgan fingerprint density at radius 3 is 2.48 bits per heavy atom. The van der Waals surface area contributed by atoms with E-state index in [1.807, 2.05) is 0 Å². The fourth-order valence-corrected chi connectivity index (χ4v) is 1.92. The van der Waals surface area contributed by atoms with E-state index < -0.39 is 17.5 Å². The van der Waals surface area contributed by atoms with Crippen molar-refractivity contribution in [3.63, 3.8) is 0 Å². The Kier molecular flexibility index (Phi) is 3.05. The summed E-state index contributed by atoms with van der Waals surface area (Å²) in [6.07, 6.45) is 0. The largest absolute Gasteiger partial charge is 0.399 e. The fourth-order valence-electron chi connectivity index (χ4n) is 1.92. The molecular formula is C13H8F3N5. The van der Waals surface area contributed by atoms with E-state index in [1.165, 1.54) is 18.2 Å². The van der Waals surface area contributed by atoms with Crippen molar-refractivity contribution in [2.75, 3.05) is 5.73 Å². The Morgan fingerprint density at radius 1 is 0.952 bits per heavy atom. The van der Waals surface area contributed by atoms with Crippen LogP contribution in [0.4, 0.5) is 18.9 Å². The van der Waals surface area contributed by atoms with E-state index in [1.54, 1.807) is 0 Å². The van der Waals surface area contributed by atoms with Gasteiger partial charge in [-0.1, -0.05) is 0 Å². The van der Waals surface area contributed by atoms with E-state index in [0.29, 0.717) is 6.07 Å². The Bertz CT molecular complexity index is 795. The average Bonchev–Trinajstić information content (AvgIpc) is 2.86. The van der Waals surface area contributed by atoms with Gasteiger partial charge >= 0.3 is 0 Å². The number of halogens is 3. The lowest BCUT2D eigenvalue weighted by Crippen LogP contribution is -2.03. The zero-order valence-corrected chi connectivity index (χ0v) is 10.5. The van der Waals surface area contributed by atoms with E-state index in [4.69, 9.17) is 5.73 Å². The molecule has 8 heteroatoms. The average molecular weight is 291 g/mol. The molecule has 0 saturated heterocycles. The zero-order chi connectivity index (χ0) is 15.0. The maximum absolute atomic E-state index is 13.8. The highest BCUT2D eigenvalue weighted by atomic mass is 19.1. The Labute approximate surface area is 116 Å². The Hall–Kier alpha value is -2.90. The highest BCUT2D eigenvalue weighted by Crippen LogP contribution is 2.24. The zero-order valence-electron chi connectivity index (χ0n) is 10.5. The standard InChI is InChI=1S/C13H8F3N5/c14-8-1-2-12(11(16)6-8)21-13(18-19-20-21)7-3-9(15)5-10(17)4-7/h1-6H,17H2. The second-order valence-corrected chi connectivity index (χ2v) is 4.28. The van der Waals surface area contributed by atoms with Crippen molar-refractivity contribution in [1.82, 2.24) is 20.2 Å². The van der Waals surface area contributed by atoms with Gasteiger partial charge in [0, 0.05) is 17.3 Å². The van der Waals surface area contributed by atoms with Gasteiger partial charge in [0.25, 0.3) is 0 Å². The number of tetrazole rings is 1. The maximum Gasteiger partial charge on any atom is 0.187 e. The smallest absolute Gasteiger partial charge is 0.187 e. The van der Waals surface area contributed by atoms with Gasteiger partial charge in [-0.05, 0) is 40.8 Å². The Balaban J connectivity index is 2.17. The lowest BCUT2D eigenvalue weighted by Gasteiger charge is -2.06. The Morgan fingerprint density at radius 2 is 1.76 bits per heavy atom. The molecule has 0 aliphatic carbocycles. The summed E-state index contributed by atoms with van der Waals surface area (Å²) in [5.74, 6) is -2.04. The van der Waals surface area contributed by atoms with Crippen LogP contribution >= 0.6 is 0 Å². The second-order valence-electron chi connectivity index (χ2n) is 4.28. The normalized spacial score (nSPS) is 10.8. The molecule has 0 aliphatic heterocycles. The van der Waals surface area contributed by atoms with Crippen LogP contribution in [0.5, 0.6) is 0 Å². The molecule has 3 rings (SSSR count). The molecule has 0 fully saturated rings. The first-order chi connectivity index (χ1) is 10.0. The molecule has 0 bridgehead atoms. The number of nitrogens with two attached hydrogens (primary N) is 1. The van der Waals surface area contributed by atoms with E-state index in [2.05, 4.69) is 15.5 Å². The van der Waals surface area contributed by atoms with Crippen LogP contribution in [-0.2, 0) is 0 Å². The summed E-state index contributed by atoms with van der Waals surface area (Å²) < 4.78 is 41.2. The molecule has 0 atom stereocenters. The van der Waals surface area contributed by atoms with Crippen LogP contribution in [0.15, 0.2) is 36.4 Å². The molecule has 0 saturated carbocycles. The number of nitrogen functional groups attached to an aromatic ring is 1. The molecule has 0 aliphatic rings. The first-order valence-corrected chi connectivity index (χ1v) is 5.85. The minimum absolute atomic E-state index is 0.0563. The van der Waals surface area contributed by atoms with Crippen LogP contribution in [0, 0.1) is 17.5 Å². The second kappa shape index (κ2) is 4.89. The summed E-state index contributed by atoms with van der Waals surface area (Å²) >= 11 is 0. The van der Waals surface area contributed by atoms with Crippen LogP contribution < -0.4 is 5.73 Å². The molecular weight excluding hydrogens is 283 g/mol. The minimum Gasteiger partial charge on any atom is -0.399 e. The first-order valence-electron chi connectivity index (χ1n) is 5.85. The van der Waals surface area contributed by atoms with Crippen molar-refractivity contribution in [1.29, 1.82) is 0 Å². The van der Waals surface area contributed by atoms with Crippen molar-refractivity contribution in [2.45, 2.75) is 0 Å². The molecule has 3 aromatic rings. The molecule has 106 valence electrons. The number of hydrogen-bond acceptors (Lipinski definition) is 4. The van der Waals surface area contributed by atoms with Gasteiger partial charge in [0.2, 0.25) is 0 Å². The summed E-state index contributed by atoms with van der Waals surface area (Å²) in [6.45, 7) is 0. The van der Waals surface area contributed by atoms with Crippen molar-refractivity contribution >= 4 is 5.69 Å². The summed E-state index contributed by atoms with van der Waals surface area (Å²) in [5, 5.41) is 10.8. The monoisotopic (exact) mass is 291 g/mol. The van der Waals surface area contributed by atoms with Crippen LogP contribution in [0.3, 0.4) is 0 Å². The molecule has 1 aromatic heterocycles. The van der Waals surface area contributed by atoms with Gasteiger partial charge in [-0.3, -0.25) is 0 Å². The SMILES string of the molecule is Nc1cc(F)cc(-c2nnnn2-c2ccc(F)cc2F)c1. The van der Waals surface area contributed by atoms with Crippen LogP contribution in [0.2, 0.25) is 0 Å². The van der Waals surface area contributed by atoms with Crippen LogP contribution in [-0.4, -0.2) is 20.2 Å². The molecule has 2 aromatic carbocycles. The number of nitrogens with zero attached hydrogens (tertiary/aromatic N) is 4. The van der Waals surface area contributed by atoms with Crippen LogP contribution in [0.1, 0.15) is 0 Å². The maximum atomic E-state index is 13.8. The molecule has 1 heterocycles. The molecule has 0 radical (unpaired) electrons. The van der Waals surface area contributed by atoms with E-state index in [9.17, 15) is 13.2 Å². The summed E-state index contributed by atoms with van der Waals surface area (Å²) in [6, 6.07) is 6.72. The van der Waals surface area contributed by atoms with Crippen molar-refractivity contribution in [3.8, 4) is 17.1 Å². The number of aromatic nitrogens is 4. The molecule has 0 spiro atoms. The molecule has 5 nitrogen and oxygen atoms in total. The topological polar surface area (TPSA) is 69.6 Å². The van der Waals surface area contributed by atoms with Gasteiger partial charge in [-0.25, -0.2) is 13.2 Å². The molecule has 0 unspecified atom stereocenters. The van der Waals surface area contributed by atoms with E-state index in [0.717, 1.165) is 16.8 Å². The number of rotatable bonds is 2. The van der Waals surface area contributed by atoms with Gasteiger partial charge in [0.1, 0.15) is 17.3 Å². The third-order valence-corrected chi connectivity index (χ3v) is 2.79. The highest BCUT2D eigenvalue weighted by Gasteiger charge is 2.15. The van der Waals surface area contributed by atoms with Gasteiger partial charge in [0.15, 0.2) is 11.6 Å². The molecule has 0 amide bonds. The van der Waals surface area contributed by atoms with Gasteiger partial charge in [-0.15, -0.1) is 5.10 Å².